The molecule has 0 N–H and O–H groups in total. The van der Waals surface area contributed by atoms with E-state index in [9.17, 15) is 4.79 Å². The average Bonchev–Trinajstić information content (AvgIpc) is 2.60. The average molecular weight is 435 g/mol. The van der Waals surface area contributed by atoms with Gasteiger partial charge in [-0.3, -0.25) is 0 Å². The van der Waals surface area contributed by atoms with Gasteiger partial charge in [0.25, 0.3) is 0 Å². The molecule has 28 heavy (non-hydrogen) atoms. The van der Waals surface area contributed by atoms with Crippen molar-refractivity contribution in [1.82, 2.24) is 0 Å². The number of halogens is 1. The smallest absolute Gasteiger partial charge is 0.0654 e. The van der Waals surface area contributed by atoms with Gasteiger partial charge in [-0.05, 0) is 0 Å². The Balaban J connectivity index is 3.43. The van der Waals surface area contributed by atoms with E-state index in [4.69, 9.17) is 16.0 Å². The van der Waals surface area contributed by atoms with Gasteiger partial charge in [0.1, 0.15) is 0 Å². The van der Waals surface area contributed by atoms with Crippen LogP contribution >= 0.6 is 17.2 Å². The van der Waals surface area contributed by atoms with Crippen LogP contribution in [-0.4, -0.2) is 31.6 Å². The van der Waals surface area contributed by atoms with Gasteiger partial charge in [0.2, 0.25) is 0 Å². The summed E-state index contributed by atoms with van der Waals surface area (Å²) >= 11 is 6.78. The molecule has 0 aromatic heterocycles. The van der Waals surface area contributed by atoms with Crippen molar-refractivity contribution in [2.24, 2.45) is 0 Å². The molecule has 0 heterocycles. The molecule has 0 radical (unpaired) electrons. The van der Waals surface area contributed by atoms with Gasteiger partial charge in [-0.1, -0.05) is 39.0 Å². The number of hydrogen-bond acceptors (Lipinski definition) is 2. The van der Waals surface area contributed by atoms with Gasteiger partial charge in [0.05, 0.1) is 0 Å². The summed E-state index contributed by atoms with van der Waals surface area (Å²) in [6.07, 6.45) is 24.4. The fraction of sp³-hybridized carbons (Fsp3) is 0.875. The molecule has 0 aromatic rings. The number of carbonyl (C=O) groups excluding carboxylic acids is 1. The zero-order valence-corrected chi connectivity index (χ0v) is 20.8. The van der Waals surface area contributed by atoms with Crippen molar-refractivity contribution in [3.05, 3.63) is 12.8 Å². The summed E-state index contributed by atoms with van der Waals surface area (Å²) in [5.41, 5.74) is 0. The number of hydrogen-bond donors (Lipinski definition) is 0. The first-order valence-corrected chi connectivity index (χ1v) is 16.2. The second-order valence-corrected chi connectivity index (χ2v) is 18.6. The van der Waals surface area contributed by atoms with Gasteiger partial charge in [-0.15, -0.1) is 0 Å². The summed E-state index contributed by atoms with van der Waals surface area (Å²) in [5, 5.41) is 0. The van der Waals surface area contributed by atoms with E-state index < -0.39 is 5.96 Å². The van der Waals surface area contributed by atoms with Crippen molar-refractivity contribution in [3.63, 3.8) is 0 Å². The van der Waals surface area contributed by atoms with Crippen LogP contribution in [0.4, 0.5) is 0 Å². The molecule has 0 rings (SSSR count). The number of rotatable bonds is 20. The molecule has 0 saturated heterocycles. The van der Waals surface area contributed by atoms with Crippen LogP contribution in [0.5, 0.6) is 0 Å². The Bertz CT molecular complexity index is 401. The molecule has 0 unspecified atom stereocenters. The second kappa shape index (κ2) is 16.7. The number of esters is 1. The van der Waals surface area contributed by atoms with E-state index in [2.05, 4.69) is 26.8 Å². The van der Waals surface area contributed by atoms with Gasteiger partial charge < -0.3 is 0 Å². The van der Waals surface area contributed by atoms with Gasteiger partial charge in [-0.25, -0.2) is 0 Å². The first-order valence-electron chi connectivity index (χ1n) is 11.8. The van der Waals surface area contributed by atoms with Crippen molar-refractivity contribution in [1.29, 1.82) is 0 Å². The monoisotopic (exact) mass is 434 g/mol. The first-order chi connectivity index (χ1) is 13.3. The van der Waals surface area contributed by atoms with Crippen LogP contribution in [0.15, 0.2) is 12.8 Å². The fourth-order valence-electron chi connectivity index (χ4n) is 3.76. The van der Waals surface area contributed by atoms with E-state index in [1.54, 1.807) is 0 Å². The SMILES string of the molecule is C=COC(=O)CP(C)(C)(Cl)CCCCCCCCCCCCCCCCCC. The molecule has 0 spiro atoms. The van der Waals surface area contributed by atoms with Crippen LogP contribution in [0.3, 0.4) is 0 Å². The minimum Gasteiger partial charge on any atom is -0.0654 e. The topological polar surface area (TPSA) is 26.3 Å². The number of unbranched alkanes of at least 4 members (excludes halogenated alkanes) is 15. The second-order valence-electron chi connectivity index (χ2n) is 9.35. The molecule has 2 nitrogen and oxygen atoms in total. The molecule has 4 heteroatoms. The first kappa shape index (κ1) is 27.9. The van der Waals surface area contributed by atoms with Crippen molar-refractivity contribution in [3.8, 4) is 0 Å². The fourth-order valence-corrected chi connectivity index (χ4v) is 6.63. The van der Waals surface area contributed by atoms with E-state index in [1.807, 2.05) is 0 Å². The van der Waals surface area contributed by atoms with E-state index >= 15 is 0 Å². The van der Waals surface area contributed by atoms with E-state index in [1.165, 1.54) is 103 Å². The maximum absolute atomic E-state index is 11.7. The predicted octanol–water partition coefficient (Wildman–Crippen LogP) is 8.90. The molecule has 0 aliphatic heterocycles. The van der Waals surface area contributed by atoms with Crippen molar-refractivity contribution in [2.45, 2.75) is 110 Å². The summed E-state index contributed by atoms with van der Waals surface area (Å²) in [4.78, 5) is 11.7. The molecule has 0 aromatic carbocycles. The van der Waals surface area contributed by atoms with Crippen molar-refractivity contribution < 1.29 is 9.53 Å². The van der Waals surface area contributed by atoms with Crippen LogP contribution in [0, 0.1) is 0 Å². The normalized spacial score (nSPS) is 13.1. The molecule has 0 fully saturated rings. The molecule has 0 bridgehead atoms. The summed E-state index contributed by atoms with van der Waals surface area (Å²) in [5.74, 6) is -2.68. The van der Waals surface area contributed by atoms with Gasteiger partial charge >= 0.3 is 142 Å². The minimum absolute atomic E-state index is 0.246. The maximum atomic E-state index is 11.7. The standard InChI is InChI=1S/C24H48ClO2P/c1-5-7-8-9-10-11-12-13-14-15-16-17-18-19-20-21-22-28(3,4,25)23-24(26)27-6-2/h6H,2,5,7-23H2,1,3-4H3. The summed E-state index contributed by atoms with van der Waals surface area (Å²) < 4.78 is 4.85. The minimum atomic E-state index is -2.43. The number of ether oxygens (including phenoxy) is 1. The van der Waals surface area contributed by atoms with E-state index in [-0.39, 0.29) is 5.97 Å². The van der Waals surface area contributed by atoms with Gasteiger partial charge in [0, 0.05) is 0 Å². The van der Waals surface area contributed by atoms with E-state index in [0.29, 0.717) is 6.16 Å². The van der Waals surface area contributed by atoms with E-state index in [0.717, 1.165) is 12.6 Å². The molecule has 168 valence electrons. The van der Waals surface area contributed by atoms with Crippen LogP contribution in [-0.2, 0) is 9.53 Å². The molecule has 0 amide bonds. The summed E-state index contributed by atoms with van der Waals surface area (Å²) in [6.45, 7) is 9.85. The Morgan fingerprint density at radius 3 is 1.50 bits per heavy atom. The predicted molar refractivity (Wildman–Crippen MR) is 130 cm³/mol. The molecule has 0 saturated carbocycles. The molecule has 0 atom stereocenters. The number of carbonyl (C=O) groups is 1. The molecule has 0 aliphatic rings. The Kier molecular flexibility index (Phi) is 16.7. The van der Waals surface area contributed by atoms with Crippen LogP contribution in [0.25, 0.3) is 0 Å². The zero-order chi connectivity index (χ0) is 21.2. The third-order valence-electron chi connectivity index (χ3n) is 5.53. The van der Waals surface area contributed by atoms with Crippen LogP contribution < -0.4 is 0 Å². The Labute approximate surface area is 180 Å². The van der Waals surface area contributed by atoms with Crippen molar-refractivity contribution >= 4 is 23.2 Å². The Morgan fingerprint density at radius 1 is 0.786 bits per heavy atom. The Morgan fingerprint density at radius 2 is 1.14 bits per heavy atom. The third kappa shape index (κ3) is 19.3. The molecular formula is C24H48ClO2P. The Hall–Kier alpha value is -0.0700. The van der Waals surface area contributed by atoms with Crippen LogP contribution in [0.2, 0.25) is 0 Å². The summed E-state index contributed by atoms with van der Waals surface area (Å²) in [7, 11) is 0. The quantitative estimate of drug-likeness (QED) is 0.0826. The summed E-state index contributed by atoms with van der Waals surface area (Å²) in [6, 6.07) is 0. The molecular weight excluding hydrogens is 387 g/mol. The molecule has 0 aliphatic carbocycles. The van der Waals surface area contributed by atoms with Crippen LogP contribution in [0.1, 0.15) is 110 Å². The third-order valence-corrected chi connectivity index (χ3v) is 9.33. The van der Waals surface area contributed by atoms with Crippen molar-refractivity contribution in [2.75, 3.05) is 25.7 Å². The van der Waals surface area contributed by atoms with Gasteiger partial charge in [0.15, 0.2) is 0 Å². The zero-order valence-electron chi connectivity index (χ0n) is 19.2. The van der Waals surface area contributed by atoms with Gasteiger partial charge in [-0.2, -0.15) is 0 Å².